The van der Waals surface area contributed by atoms with Crippen molar-refractivity contribution in [1.29, 1.82) is 0 Å². The van der Waals surface area contributed by atoms with Crippen LogP contribution in [0.2, 0.25) is 0 Å². The summed E-state index contributed by atoms with van der Waals surface area (Å²) in [7, 11) is 0. The minimum Gasteiger partial charge on any atom is -1.00 e. The number of hydrogen-bond donors (Lipinski definition) is 0. The van der Waals surface area contributed by atoms with Crippen molar-refractivity contribution in [2.75, 3.05) is 0 Å². The van der Waals surface area contributed by atoms with Crippen molar-refractivity contribution >= 4 is 45.5 Å². The molecule has 24 valence electrons. The van der Waals surface area contributed by atoms with Crippen LogP contribution in [0, 0.1) is 0 Å². The minimum absolute atomic E-state index is 0. The van der Waals surface area contributed by atoms with E-state index in [1.54, 1.807) is 0 Å². The van der Waals surface area contributed by atoms with E-state index in [-0.39, 0.29) is 111 Å². The quantitative estimate of drug-likeness (QED) is 0.328. The molecule has 0 fully saturated rings. The Labute approximate surface area is 108 Å². The summed E-state index contributed by atoms with van der Waals surface area (Å²) in [4.78, 5) is 0. The van der Waals surface area contributed by atoms with Crippen molar-refractivity contribution in [3.63, 3.8) is 0 Å². The number of hydrogen-bond acceptors (Lipinski definition) is 0. The third-order valence-electron chi connectivity index (χ3n) is 0. The van der Waals surface area contributed by atoms with Crippen LogP contribution >= 0.6 is 0 Å². The summed E-state index contributed by atoms with van der Waals surface area (Å²) in [6.45, 7) is 0. The Bertz CT molecular complexity index is 6.85. The van der Waals surface area contributed by atoms with Gasteiger partial charge in [-0.1, -0.05) is 0 Å². The molecule has 0 aromatic rings. The van der Waals surface area contributed by atoms with Gasteiger partial charge < -0.3 is 14.1 Å². The van der Waals surface area contributed by atoms with Gasteiger partial charge in [0.25, 0.3) is 0 Å². The first-order chi connectivity index (χ1) is 0. The van der Waals surface area contributed by atoms with Crippen LogP contribution in [0.25, 0.3) is 0 Å². The molecule has 5 heteroatoms. The molecule has 0 saturated carbocycles. The molecule has 0 N–H and O–H groups in total. The Balaban J connectivity index is 0. The van der Waals surface area contributed by atoms with Crippen LogP contribution in [0.3, 0.4) is 0 Å². The molecular formula is F3KSr. The molecule has 0 aromatic carbocycles. The van der Waals surface area contributed by atoms with Gasteiger partial charge in [-0.2, -0.15) is 0 Å². The van der Waals surface area contributed by atoms with Gasteiger partial charge in [0.2, 0.25) is 0 Å². The van der Waals surface area contributed by atoms with Crippen molar-refractivity contribution in [3.05, 3.63) is 0 Å². The molecule has 0 aliphatic carbocycles. The van der Waals surface area contributed by atoms with Gasteiger partial charge >= 0.3 is 96.9 Å². The fourth-order valence-corrected chi connectivity index (χ4v) is 0. The Kier molecular flexibility index (Phi) is 255. The number of halogens is 3. The van der Waals surface area contributed by atoms with E-state index in [1.165, 1.54) is 0 Å². The summed E-state index contributed by atoms with van der Waals surface area (Å²) in [5, 5.41) is 0. The molecule has 0 aliphatic heterocycles. The maximum absolute atomic E-state index is 0. The minimum atomic E-state index is 0. The Hall–Kier alpha value is 2.91. The zero-order valence-corrected chi connectivity index (χ0v) is 9.44. The fourth-order valence-electron chi connectivity index (χ4n) is 0. The molecule has 0 rings (SSSR count). The van der Waals surface area contributed by atoms with Gasteiger partial charge in [-0.25, -0.2) is 0 Å². The molecule has 0 aromatic heterocycles. The molecule has 0 atom stereocenters. The Morgan fingerprint density at radius 3 is 0.600 bits per heavy atom. The van der Waals surface area contributed by atoms with E-state index in [0.29, 0.717) is 0 Å². The molecule has 0 saturated heterocycles. The summed E-state index contributed by atoms with van der Waals surface area (Å²) in [6.07, 6.45) is 0. The smallest absolute Gasteiger partial charge is 1.00 e. The van der Waals surface area contributed by atoms with Crippen LogP contribution in [0.5, 0.6) is 0 Å². The standard InChI is InChI=1S/3FH.K.Sr/h3*1H;;/q;;;+1;+2/p-3. The van der Waals surface area contributed by atoms with Crippen molar-refractivity contribution in [1.82, 2.24) is 0 Å². The zero-order chi connectivity index (χ0) is 0. The largest absolute Gasteiger partial charge is 2.00 e. The van der Waals surface area contributed by atoms with Gasteiger partial charge in [0, 0.05) is 0 Å². The van der Waals surface area contributed by atoms with Gasteiger partial charge in [-0.05, 0) is 0 Å². The summed E-state index contributed by atoms with van der Waals surface area (Å²) >= 11 is 0. The summed E-state index contributed by atoms with van der Waals surface area (Å²) in [5.74, 6) is 0. The third-order valence-corrected chi connectivity index (χ3v) is 0. The average Bonchev–Trinajstić information content (AvgIpc) is 0. The van der Waals surface area contributed by atoms with Crippen molar-refractivity contribution in [2.45, 2.75) is 0 Å². The predicted octanol–water partition coefficient (Wildman–Crippen LogP) is -12.4. The summed E-state index contributed by atoms with van der Waals surface area (Å²) in [6, 6.07) is 0. The first kappa shape index (κ1) is 44.6. The molecule has 0 aliphatic rings. The molecule has 0 heterocycles. The second-order valence-electron chi connectivity index (χ2n) is 0. The van der Waals surface area contributed by atoms with Gasteiger partial charge in [0.15, 0.2) is 0 Å². The van der Waals surface area contributed by atoms with Crippen LogP contribution in [-0.4, -0.2) is 45.5 Å². The van der Waals surface area contributed by atoms with Gasteiger partial charge in [0.1, 0.15) is 0 Å². The topological polar surface area (TPSA) is 0 Å². The fraction of sp³-hybridized carbons (Fsp3) is 0. The maximum atomic E-state index is 0. The predicted molar refractivity (Wildman–Crippen MR) is 5.75 cm³/mol. The van der Waals surface area contributed by atoms with Crippen LogP contribution in [0.4, 0.5) is 0 Å². The van der Waals surface area contributed by atoms with E-state index in [2.05, 4.69) is 0 Å². The van der Waals surface area contributed by atoms with Gasteiger partial charge in [-0.3, -0.25) is 0 Å². The Morgan fingerprint density at radius 2 is 0.600 bits per heavy atom. The third kappa shape index (κ3) is 19.7. The monoisotopic (exact) mass is 184 g/mol. The average molecular weight is 184 g/mol. The normalized spacial score (nSPS) is 0. The van der Waals surface area contributed by atoms with E-state index in [4.69, 9.17) is 0 Å². The summed E-state index contributed by atoms with van der Waals surface area (Å²) < 4.78 is 0. The van der Waals surface area contributed by atoms with Crippen LogP contribution in [0.1, 0.15) is 0 Å². The molecule has 0 bridgehead atoms. The van der Waals surface area contributed by atoms with Gasteiger partial charge in [0.05, 0.1) is 0 Å². The second-order valence-corrected chi connectivity index (χ2v) is 0. The van der Waals surface area contributed by atoms with Crippen molar-refractivity contribution in [2.24, 2.45) is 0 Å². The van der Waals surface area contributed by atoms with Crippen LogP contribution in [0.15, 0.2) is 0 Å². The molecule has 0 radical (unpaired) electrons. The van der Waals surface area contributed by atoms with Crippen molar-refractivity contribution < 1.29 is 65.5 Å². The van der Waals surface area contributed by atoms with E-state index in [0.717, 1.165) is 0 Å². The molecule has 0 spiro atoms. The molecular weight excluding hydrogens is 184 g/mol. The SMILES string of the molecule is [F-].[F-].[F-].[K+].[Sr+2]. The van der Waals surface area contributed by atoms with E-state index in [9.17, 15) is 0 Å². The van der Waals surface area contributed by atoms with E-state index >= 15 is 0 Å². The first-order valence-electron chi connectivity index (χ1n) is 0. The zero-order valence-electron chi connectivity index (χ0n) is 2.84. The number of rotatable bonds is 0. The maximum Gasteiger partial charge on any atom is 2.00 e. The van der Waals surface area contributed by atoms with Crippen molar-refractivity contribution in [3.8, 4) is 0 Å². The second kappa shape index (κ2) is 28.5. The molecule has 0 amide bonds. The van der Waals surface area contributed by atoms with Crippen LogP contribution < -0.4 is 65.5 Å². The molecule has 0 unspecified atom stereocenters. The summed E-state index contributed by atoms with van der Waals surface area (Å²) in [5.41, 5.74) is 0. The molecule has 0 nitrogen and oxygen atoms in total. The Morgan fingerprint density at radius 1 is 0.600 bits per heavy atom. The molecule has 5 heavy (non-hydrogen) atoms. The first-order valence-corrected chi connectivity index (χ1v) is 0. The van der Waals surface area contributed by atoms with Crippen LogP contribution in [-0.2, 0) is 0 Å². The van der Waals surface area contributed by atoms with E-state index < -0.39 is 0 Å². The van der Waals surface area contributed by atoms with E-state index in [1.807, 2.05) is 0 Å². The van der Waals surface area contributed by atoms with Gasteiger partial charge in [-0.15, -0.1) is 0 Å².